The predicted octanol–water partition coefficient (Wildman–Crippen LogP) is 4.54. The Balaban J connectivity index is 2.24. The number of halogens is 1. The molecule has 8 nitrogen and oxygen atoms in total. The number of ether oxygens (including phenoxy) is 1. The van der Waals surface area contributed by atoms with Gasteiger partial charge >= 0.3 is 0 Å². The van der Waals surface area contributed by atoms with Crippen molar-refractivity contribution in [1.29, 1.82) is 0 Å². The van der Waals surface area contributed by atoms with Crippen LogP contribution in [0.15, 0.2) is 42.5 Å². The van der Waals surface area contributed by atoms with E-state index in [0.717, 1.165) is 18.2 Å². The van der Waals surface area contributed by atoms with Crippen molar-refractivity contribution >= 4 is 39.1 Å². The van der Waals surface area contributed by atoms with Crippen molar-refractivity contribution in [3.8, 4) is 5.75 Å². The molecule has 2 amide bonds. The van der Waals surface area contributed by atoms with Gasteiger partial charge in [0.05, 0.1) is 19.1 Å². The van der Waals surface area contributed by atoms with Crippen molar-refractivity contribution in [3.05, 3.63) is 58.6 Å². The lowest BCUT2D eigenvalue weighted by molar-refractivity contribution is -0.141. The lowest BCUT2D eigenvalue weighted by atomic mass is 10.1. The first kappa shape index (κ1) is 30.4. The van der Waals surface area contributed by atoms with Gasteiger partial charge in [0.25, 0.3) is 0 Å². The first-order valence-electron chi connectivity index (χ1n) is 12.5. The van der Waals surface area contributed by atoms with Crippen LogP contribution in [0.5, 0.6) is 5.75 Å². The van der Waals surface area contributed by atoms with Crippen LogP contribution in [0.3, 0.4) is 0 Å². The smallest absolute Gasteiger partial charge is 0.242 e. The molecular formula is C27H38ClN3O5S. The zero-order valence-electron chi connectivity index (χ0n) is 22.3. The van der Waals surface area contributed by atoms with E-state index in [4.69, 9.17) is 16.3 Å². The Bertz CT molecular complexity index is 1160. The highest BCUT2D eigenvalue weighted by atomic mass is 35.5. The molecule has 0 radical (unpaired) electrons. The highest BCUT2D eigenvalue weighted by molar-refractivity contribution is 7.92. The highest BCUT2D eigenvalue weighted by Crippen LogP contribution is 2.28. The van der Waals surface area contributed by atoms with Crippen molar-refractivity contribution in [3.63, 3.8) is 0 Å². The summed E-state index contributed by atoms with van der Waals surface area (Å²) in [6, 6.07) is 11.8. The summed E-state index contributed by atoms with van der Waals surface area (Å²) >= 11 is 6.22. The van der Waals surface area contributed by atoms with E-state index in [9.17, 15) is 18.0 Å². The minimum atomic E-state index is -3.60. The molecule has 0 spiro atoms. The fourth-order valence-corrected chi connectivity index (χ4v) is 5.25. The molecule has 10 heteroatoms. The normalized spacial score (nSPS) is 12.1. The number of carbonyl (C=O) groups is 2. The number of rotatable bonds is 14. The number of hydrogen-bond acceptors (Lipinski definition) is 5. The van der Waals surface area contributed by atoms with Crippen molar-refractivity contribution in [2.24, 2.45) is 0 Å². The van der Waals surface area contributed by atoms with Gasteiger partial charge in [-0.1, -0.05) is 43.6 Å². The Morgan fingerprint density at radius 3 is 2.35 bits per heavy atom. The maximum atomic E-state index is 13.5. The van der Waals surface area contributed by atoms with E-state index < -0.39 is 16.1 Å². The second kappa shape index (κ2) is 14.2. The lowest BCUT2D eigenvalue weighted by Crippen LogP contribution is -2.49. The van der Waals surface area contributed by atoms with E-state index in [2.05, 4.69) is 5.32 Å². The number of benzene rings is 2. The number of sulfonamides is 1. The minimum Gasteiger partial charge on any atom is -0.497 e. The molecule has 0 aliphatic carbocycles. The Morgan fingerprint density at radius 1 is 1.11 bits per heavy atom. The predicted molar refractivity (Wildman–Crippen MR) is 149 cm³/mol. The summed E-state index contributed by atoms with van der Waals surface area (Å²) in [5.74, 6) is 0.288. The van der Waals surface area contributed by atoms with E-state index in [-0.39, 0.29) is 37.7 Å². The van der Waals surface area contributed by atoms with E-state index in [1.807, 2.05) is 38.1 Å². The maximum absolute atomic E-state index is 13.5. The number of nitrogens with one attached hydrogen (secondary N) is 1. The van der Waals surface area contributed by atoms with Crippen molar-refractivity contribution in [1.82, 2.24) is 10.2 Å². The van der Waals surface area contributed by atoms with Gasteiger partial charge in [-0.15, -0.1) is 0 Å². The third-order valence-electron chi connectivity index (χ3n) is 6.11. The van der Waals surface area contributed by atoms with E-state index in [1.54, 1.807) is 37.1 Å². The van der Waals surface area contributed by atoms with Gasteiger partial charge in [0.2, 0.25) is 21.8 Å². The quantitative estimate of drug-likeness (QED) is 0.372. The standard InChI is InChI=1S/C27H38ClN3O5S/c1-6-17-29-27(33)24(7-2)30(19-21-13-15-22(36-4)16-14-21)26(32)12-9-18-31(37(5,34)35)25-11-8-10-23(28)20(25)3/h8,10-11,13-16,24H,6-7,9,12,17-19H2,1-5H3,(H,29,33)/t24-/m0/s1. The molecule has 2 rings (SSSR count). The van der Waals surface area contributed by atoms with Crippen LogP contribution in [0.1, 0.15) is 50.7 Å². The summed E-state index contributed by atoms with van der Waals surface area (Å²) in [6.07, 6.45) is 2.74. The largest absolute Gasteiger partial charge is 0.497 e. The average molecular weight is 552 g/mol. The summed E-state index contributed by atoms with van der Waals surface area (Å²) in [7, 11) is -2.02. The SMILES string of the molecule is CCCNC(=O)[C@H](CC)N(Cc1ccc(OC)cc1)C(=O)CCCN(c1cccc(Cl)c1C)S(C)(=O)=O. The third-order valence-corrected chi connectivity index (χ3v) is 7.70. The van der Waals surface area contributed by atoms with E-state index in [1.165, 1.54) is 4.31 Å². The van der Waals surface area contributed by atoms with Crippen LogP contribution in [0.2, 0.25) is 5.02 Å². The van der Waals surface area contributed by atoms with Gasteiger partial charge in [-0.3, -0.25) is 13.9 Å². The molecule has 0 aliphatic heterocycles. The zero-order chi connectivity index (χ0) is 27.6. The van der Waals surface area contributed by atoms with Gasteiger partial charge in [-0.25, -0.2) is 8.42 Å². The second-order valence-electron chi connectivity index (χ2n) is 8.91. The molecule has 37 heavy (non-hydrogen) atoms. The number of amides is 2. The van der Waals surface area contributed by atoms with Gasteiger partial charge < -0.3 is 15.0 Å². The van der Waals surface area contributed by atoms with Crippen molar-refractivity contribution in [2.45, 2.75) is 59.0 Å². The molecule has 2 aromatic carbocycles. The van der Waals surface area contributed by atoms with Gasteiger partial charge in [0.1, 0.15) is 11.8 Å². The highest BCUT2D eigenvalue weighted by Gasteiger charge is 2.29. The zero-order valence-corrected chi connectivity index (χ0v) is 23.9. The van der Waals surface area contributed by atoms with Crippen LogP contribution in [0, 0.1) is 6.92 Å². The fourth-order valence-electron chi connectivity index (χ4n) is 4.06. The Labute approximate surface area is 226 Å². The molecule has 0 aliphatic rings. The van der Waals surface area contributed by atoms with Crippen LogP contribution in [-0.4, -0.2) is 57.6 Å². The number of hydrogen-bond donors (Lipinski definition) is 1. The maximum Gasteiger partial charge on any atom is 0.242 e. The molecule has 1 N–H and O–H groups in total. The molecular weight excluding hydrogens is 514 g/mol. The van der Waals surface area contributed by atoms with Crippen LogP contribution >= 0.6 is 11.6 Å². The minimum absolute atomic E-state index is 0.0827. The number of methoxy groups -OCH3 is 1. The monoisotopic (exact) mass is 551 g/mol. The molecule has 2 aromatic rings. The molecule has 1 atom stereocenters. The van der Waals surface area contributed by atoms with Gasteiger partial charge in [-0.05, 0) is 61.6 Å². The van der Waals surface area contributed by atoms with Gasteiger partial charge in [-0.2, -0.15) is 0 Å². The van der Waals surface area contributed by atoms with Gasteiger partial charge in [0, 0.05) is 31.1 Å². The molecule has 0 saturated heterocycles. The average Bonchev–Trinajstić information content (AvgIpc) is 2.86. The number of nitrogens with zero attached hydrogens (tertiary/aromatic N) is 2. The number of anilines is 1. The summed E-state index contributed by atoms with van der Waals surface area (Å²) in [5.41, 5.74) is 2.01. The van der Waals surface area contributed by atoms with Crippen LogP contribution in [0.4, 0.5) is 5.69 Å². The van der Waals surface area contributed by atoms with Crippen molar-refractivity contribution < 1.29 is 22.7 Å². The molecule has 0 heterocycles. The summed E-state index contributed by atoms with van der Waals surface area (Å²) in [5, 5.41) is 3.37. The Hall–Kier alpha value is -2.78. The molecule has 0 bridgehead atoms. The molecule has 204 valence electrons. The third kappa shape index (κ3) is 8.64. The first-order valence-corrected chi connectivity index (χ1v) is 14.7. The Morgan fingerprint density at radius 2 is 1.78 bits per heavy atom. The Kier molecular flexibility index (Phi) is 11.7. The van der Waals surface area contributed by atoms with Crippen LogP contribution in [0.25, 0.3) is 0 Å². The fraction of sp³-hybridized carbons (Fsp3) is 0.481. The molecule has 0 unspecified atom stereocenters. The second-order valence-corrected chi connectivity index (χ2v) is 11.2. The summed E-state index contributed by atoms with van der Waals surface area (Å²) in [4.78, 5) is 28.0. The van der Waals surface area contributed by atoms with E-state index >= 15 is 0 Å². The number of carbonyl (C=O) groups excluding carboxylic acids is 2. The first-order chi connectivity index (χ1) is 17.5. The van der Waals surface area contributed by atoms with Crippen LogP contribution < -0.4 is 14.4 Å². The molecule has 0 saturated carbocycles. The summed E-state index contributed by atoms with van der Waals surface area (Å²) in [6.45, 7) is 6.50. The lowest BCUT2D eigenvalue weighted by Gasteiger charge is -2.31. The topological polar surface area (TPSA) is 96.0 Å². The van der Waals surface area contributed by atoms with E-state index in [0.29, 0.717) is 35.0 Å². The van der Waals surface area contributed by atoms with Crippen LogP contribution in [-0.2, 0) is 26.2 Å². The molecule has 0 fully saturated rings. The molecule has 0 aromatic heterocycles. The van der Waals surface area contributed by atoms with Crippen molar-refractivity contribution in [2.75, 3.05) is 30.8 Å². The summed E-state index contributed by atoms with van der Waals surface area (Å²) < 4.78 is 31.6. The van der Waals surface area contributed by atoms with Gasteiger partial charge in [0.15, 0.2) is 0 Å².